The van der Waals surface area contributed by atoms with E-state index in [0.717, 1.165) is 16.7 Å². The molecule has 12 amide bonds. The van der Waals surface area contributed by atoms with E-state index >= 15 is 0 Å². The largest absolute Gasteiger partial charge is 0.453 e. The molecule has 0 saturated heterocycles. The molecule has 0 aliphatic heterocycles. The van der Waals surface area contributed by atoms with Crippen molar-refractivity contribution in [3.63, 3.8) is 0 Å². The monoisotopic (exact) mass is 1360 g/mol. The third-order valence-corrected chi connectivity index (χ3v) is 14.2. The molecule has 3 aromatic rings. The molecule has 0 heterocycles. The van der Waals surface area contributed by atoms with Crippen LogP contribution in [0.1, 0.15) is 132 Å². The summed E-state index contributed by atoms with van der Waals surface area (Å²) in [4.78, 5) is 169. The van der Waals surface area contributed by atoms with Crippen molar-refractivity contribution >= 4 is 83.0 Å². The number of methoxy groups -OCH3 is 3. The molecule has 29 heteroatoms. The summed E-state index contributed by atoms with van der Waals surface area (Å²) in [6.07, 6.45) is 0.205. The molecule has 12 N–H and O–H groups in total. The van der Waals surface area contributed by atoms with Gasteiger partial charge in [-0.15, -0.1) is 0 Å². The number of hydrogen-bond acceptors (Lipinski definition) is 17. The fourth-order valence-corrected chi connectivity index (χ4v) is 8.96. The molecule has 0 aliphatic carbocycles. The highest BCUT2D eigenvalue weighted by molar-refractivity contribution is 5.96. The lowest BCUT2D eigenvalue weighted by Crippen LogP contribution is -2.53. The van der Waals surface area contributed by atoms with Crippen LogP contribution in [-0.4, -0.2) is 172 Å². The quantitative estimate of drug-likeness (QED) is 0.0377. The number of amides is 12. The molecule has 3 rings (SSSR count). The first-order valence-corrected chi connectivity index (χ1v) is 32.0. The minimum Gasteiger partial charge on any atom is -0.453 e. The lowest BCUT2D eigenvalue weighted by molar-refractivity contribution is -0.131. The molecule has 97 heavy (non-hydrogen) atoms. The van der Waals surface area contributed by atoms with Gasteiger partial charge in [-0.2, -0.15) is 0 Å². The predicted molar refractivity (Wildman–Crippen MR) is 361 cm³/mol. The third kappa shape index (κ3) is 36.5. The van der Waals surface area contributed by atoms with Gasteiger partial charge in [0.05, 0.1) is 59.1 Å². The van der Waals surface area contributed by atoms with Crippen molar-refractivity contribution < 1.29 is 81.3 Å². The van der Waals surface area contributed by atoms with Gasteiger partial charge in [0.2, 0.25) is 53.2 Å². The second-order valence-electron chi connectivity index (χ2n) is 24.1. The molecule has 0 fully saturated rings. The van der Waals surface area contributed by atoms with E-state index in [1.54, 1.807) is 31.2 Å². The zero-order valence-corrected chi connectivity index (χ0v) is 58.4. The number of rotatable bonds is 35. The third-order valence-electron chi connectivity index (χ3n) is 14.2. The van der Waals surface area contributed by atoms with E-state index in [1.807, 2.05) is 115 Å². The number of ketones is 2. The second-order valence-corrected chi connectivity index (χ2v) is 24.1. The SMILES string of the molecule is CCC(NC(=O)[C@H](C)NC(=O)CNC(=O)[C@H](Cc1ccccc1)NC(=O)OC)c1ccccc1.COC(=O)N[C@@H](CC(C)C)C(=O)NCC(=O)N[C@@H](C)C(=O)N[C@@H](CC(C)C)C(C)=O.COC(=O)N[C@@H](Cc1ccccc1)C(=O)NCC(=O)N[C@@H](C)C(=O)N[C@@H](CC(C)C)C(C)=O. The van der Waals surface area contributed by atoms with E-state index in [-0.39, 0.29) is 67.2 Å². The van der Waals surface area contributed by atoms with Gasteiger partial charge in [-0.05, 0) is 94.7 Å². The zero-order chi connectivity index (χ0) is 73.3. The molecule has 9 atom stereocenters. The van der Waals surface area contributed by atoms with E-state index in [0.29, 0.717) is 25.7 Å². The molecule has 1 unspecified atom stereocenters. The van der Waals surface area contributed by atoms with Crippen LogP contribution in [-0.2, 0) is 79.8 Å². The fraction of sp³-hybridized carbons (Fsp3) is 0.529. The topological polar surface area (TPSA) is 411 Å². The van der Waals surface area contributed by atoms with E-state index < -0.39 is 120 Å². The Morgan fingerprint density at radius 3 is 0.907 bits per heavy atom. The van der Waals surface area contributed by atoms with Crippen LogP contribution < -0.4 is 63.8 Å². The van der Waals surface area contributed by atoms with Crippen LogP contribution >= 0.6 is 0 Å². The molecule has 0 spiro atoms. The second kappa shape index (κ2) is 46.2. The van der Waals surface area contributed by atoms with E-state index in [2.05, 4.69) is 78.0 Å². The minimum absolute atomic E-state index is 0.121. The van der Waals surface area contributed by atoms with E-state index in [4.69, 9.17) is 0 Å². The molecular weight excluding hydrogens is 1260 g/mol. The van der Waals surface area contributed by atoms with Gasteiger partial charge in [0.25, 0.3) is 0 Å². The Balaban J connectivity index is 0.000000729. The van der Waals surface area contributed by atoms with E-state index in [1.165, 1.54) is 49.0 Å². The molecule has 0 bridgehead atoms. The predicted octanol–water partition coefficient (Wildman–Crippen LogP) is 3.03. The average molecular weight is 1360 g/mol. The van der Waals surface area contributed by atoms with Crippen molar-refractivity contribution in [2.75, 3.05) is 41.0 Å². The van der Waals surface area contributed by atoms with Gasteiger partial charge in [0, 0.05) is 12.8 Å². The standard InChI is InChI=1S/C25H32N4O5.C23H34N4O6.C20H36N4O6/c1-4-20(19-13-9-6-10-14-19)28-23(31)17(2)27-22(30)16-26-24(32)21(29-25(33)34-3)15-18-11-7-5-8-12-18;1-14(2)11-18(16(4)28)26-21(30)15(3)25-20(29)13-24-22(31)19(27-23(32)33-5)12-17-9-7-6-8-10-17;1-11(2)8-15(14(6)25)23-18(27)13(5)22-17(26)10-21-19(28)16(9-12(3)4)24-20(29)30-7/h5-14,17,20-21H,4,15-16H2,1-3H3,(H,26,32)(H,27,30)(H,28,31)(H,29,33);6-10,14-15,18-19H,11-13H2,1-5H3,(H,24,31)(H,25,29)(H,26,30)(H,27,32);11-13,15-16H,8-10H2,1-7H3,(H,21,28)(H,22,26)(H,23,27)(H,24,29)/t17-,20?,21-;15-,18-,19-;13-,15-,16-/m000/s1. The molecule has 29 nitrogen and oxygen atoms in total. The van der Waals surface area contributed by atoms with Gasteiger partial charge in [0.15, 0.2) is 11.6 Å². The Kier molecular flexibility index (Phi) is 40.5. The smallest absolute Gasteiger partial charge is 0.407 e. The Bertz CT molecular complexity index is 3030. The van der Waals surface area contributed by atoms with Gasteiger partial charge < -0.3 is 78.0 Å². The van der Waals surface area contributed by atoms with Crippen molar-refractivity contribution in [2.45, 2.75) is 176 Å². The van der Waals surface area contributed by atoms with Crippen LogP contribution in [0.3, 0.4) is 0 Å². The maximum atomic E-state index is 12.6. The van der Waals surface area contributed by atoms with Crippen molar-refractivity contribution in [1.29, 1.82) is 0 Å². The van der Waals surface area contributed by atoms with Gasteiger partial charge in [-0.25, -0.2) is 14.4 Å². The first kappa shape index (κ1) is 85.1. The summed E-state index contributed by atoms with van der Waals surface area (Å²) < 4.78 is 13.7. The first-order valence-electron chi connectivity index (χ1n) is 32.0. The number of alkyl carbamates (subject to hydrolysis) is 3. The lowest BCUT2D eigenvalue weighted by atomic mass is 10.0. The molecule has 0 aromatic heterocycles. The summed E-state index contributed by atoms with van der Waals surface area (Å²) in [5, 5.41) is 30.5. The van der Waals surface area contributed by atoms with Crippen LogP contribution in [0.2, 0.25) is 0 Å². The van der Waals surface area contributed by atoms with Gasteiger partial charge >= 0.3 is 18.3 Å². The lowest BCUT2D eigenvalue weighted by Gasteiger charge is -2.21. The Hall–Kier alpha value is -9.96. The number of ether oxygens (including phenoxy) is 3. The van der Waals surface area contributed by atoms with Crippen molar-refractivity contribution in [1.82, 2.24) is 63.8 Å². The summed E-state index contributed by atoms with van der Waals surface area (Å²) in [7, 11) is 3.58. The molecule has 0 radical (unpaired) electrons. The van der Waals surface area contributed by atoms with Crippen LogP contribution in [0.15, 0.2) is 91.0 Å². The Morgan fingerprint density at radius 1 is 0.340 bits per heavy atom. The summed E-state index contributed by atoms with van der Waals surface area (Å²) >= 11 is 0. The van der Waals surface area contributed by atoms with Crippen LogP contribution in [0, 0.1) is 17.8 Å². The van der Waals surface area contributed by atoms with Gasteiger partial charge in [-0.3, -0.25) is 52.7 Å². The maximum Gasteiger partial charge on any atom is 0.407 e. The van der Waals surface area contributed by atoms with Crippen molar-refractivity contribution in [2.24, 2.45) is 17.8 Å². The molecular formula is C68H102N12O17. The maximum absolute atomic E-state index is 12.6. The normalized spacial score (nSPS) is 13.3. The van der Waals surface area contributed by atoms with Crippen LogP contribution in [0.4, 0.5) is 14.4 Å². The van der Waals surface area contributed by atoms with Crippen molar-refractivity contribution in [3.05, 3.63) is 108 Å². The van der Waals surface area contributed by atoms with Crippen molar-refractivity contribution in [3.8, 4) is 0 Å². The molecule has 3 aromatic carbocycles. The average Bonchev–Trinajstić information content (AvgIpc) is 1.08. The number of Topliss-reactive ketones (excluding diaryl/α,β-unsaturated/α-hetero) is 2. The molecule has 0 aliphatic rings. The molecule has 536 valence electrons. The fourth-order valence-electron chi connectivity index (χ4n) is 8.96. The van der Waals surface area contributed by atoms with Crippen LogP contribution in [0.25, 0.3) is 0 Å². The molecule has 0 saturated carbocycles. The number of nitrogens with one attached hydrogen (secondary N) is 12. The van der Waals surface area contributed by atoms with Crippen LogP contribution in [0.5, 0.6) is 0 Å². The number of carbonyl (C=O) groups is 14. The summed E-state index contributed by atoms with van der Waals surface area (Å²) in [5.41, 5.74) is 2.62. The number of carbonyl (C=O) groups excluding carboxylic acids is 14. The van der Waals surface area contributed by atoms with E-state index in [9.17, 15) is 67.1 Å². The number of benzene rings is 3. The summed E-state index contributed by atoms with van der Waals surface area (Å²) in [6.45, 7) is 19.8. The van der Waals surface area contributed by atoms with Gasteiger partial charge in [0.1, 0.15) is 36.3 Å². The summed E-state index contributed by atoms with van der Waals surface area (Å²) in [6, 6.07) is 21.0. The zero-order valence-electron chi connectivity index (χ0n) is 58.4. The van der Waals surface area contributed by atoms with Gasteiger partial charge in [-0.1, -0.05) is 139 Å². The minimum atomic E-state index is -0.958. The number of hydrogen-bond donors (Lipinski definition) is 12. The highest BCUT2D eigenvalue weighted by Crippen LogP contribution is 2.16. The first-order chi connectivity index (χ1) is 45.7. The highest BCUT2D eigenvalue weighted by atomic mass is 16.5. The highest BCUT2D eigenvalue weighted by Gasteiger charge is 2.29. The Morgan fingerprint density at radius 2 is 0.619 bits per heavy atom. The summed E-state index contributed by atoms with van der Waals surface area (Å²) in [5.74, 6) is -4.43. The Labute approximate surface area is 568 Å².